The average molecular weight is 642 g/mol. The molecule has 10 heteroatoms. The number of rotatable bonds is 9. The summed E-state index contributed by atoms with van der Waals surface area (Å²) >= 11 is 0. The number of hydrogen-bond acceptors (Lipinski definition) is 7. The van der Waals surface area contributed by atoms with E-state index in [0.29, 0.717) is 38.9 Å². The third kappa shape index (κ3) is 6.75. The highest BCUT2D eigenvalue weighted by molar-refractivity contribution is 5.99. The lowest BCUT2D eigenvalue weighted by Crippen LogP contribution is -2.55. The maximum atomic E-state index is 14.6. The quantitative estimate of drug-likeness (QED) is 0.244. The van der Waals surface area contributed by atoms with Crippen molar-refractivity contribution < 1.29 is 33.8 Å². The first-order valence-corrected chi connectivity index (χ1v) is 16.7. The second-order valence-electron chi connectivity index (χ2n) is 12.7. The summed E-state index contributed by atoms with van der Waals surface area (Å²) in [5, 5.41) is 12.3. The van der Waals surface area contributed by atoms with Gasteiger partial charge in [0.1, 0.15) is 18.2 Å². The highest BCUT2D eigenvalue weighted by atomic mass is 16.5. The molecule has 0 bridgehead atoms. The number of fused-ring (bicyclic) bond motifs is 2. The van der Waals surface area contributed by atoms with Crippen LogP contribution in [0, 0.1) is 11.8 Å². The molecule has 47 heavy (non-hydrogen) atoms. The molecule has 2 aromatic carbocycles. The topological polar surface area (TPSA) is 125 Å². The lowest BCUT2D eigenvalue weighted by atomic mass is 9.77. The number of hydrogen-bond donors (Lipinski definition) is 2. The van der Waals surface area contributed by atoms with Crippen molar-refractivity contribution in [3.05, 3.63) is 96.1 Å². The summed E-state index contributed by atoms with van der Waals surface area (Å²) in [4.78, 5) is 59.4. The van der Waals surface area contributed by atoms with Gasteiger partial charge in [0.15, 0.2) is 0 Å². The number of nitrogens with zero attached hydrogens (tertiary/aromatic N) is 2. The number of cyclic esters (lactones) is 1. The molecular weight excluding hydrogens is 598 g/mol. The number of benzene rings is 2. The zero-order valence-corrected chi connectivity index (χ0v) is 26.5. The molecule has 6 atom stereocenters. The van der Waals surface area contributed by atoms with Gasteiger partial charge in [-0.1, -0.05) is 97.8 Å². The predicted octanol–water partition coefficient (Wildman–Crippen LogP) is 3.47. The van der Waals surface area contributed by atoms with Gasteiger partial charge < -0.3 is 29.7 Å². The van der Waals surface area contributed by atoms with Crippen molar-refractivity contribution in [2.24, 2.45) is 11.8 Å². The maximum absolute atomic E-state index is 14.6. The summed E-state index contributed by atoms with van der Waals surface area (Å²) < 4.78 is 12.4. The van der Waals surface area contributed by atoms with E-state index in [1.165, 1.54) is 0 Å². The Kier molecular flexibility index (Phi) is 10.2. The number of carbonyl (C=O) groups is 4. The summed E-state index contributed by atoms with van der Waals surface area (Å²) in [6, 6.07) is 17.4. The van der Waals surface area contributed by atoms with E-state index in [0.717, 1.165) is 24.0 Å². The van der Waals surface area contributed by atoms with Crippen LogP contribution >= 0.6 is 0 Å². The molecular formula is C37H43N3O7. The minimum Gasteiger partial charge on any atom is -0.463 e. The van der Waals surface area contributed by atoms with Gasteiger partial charge in [-0.15, -0.1) is 0 Å². The molecule has 2 saturated heterocycles. The van der Waals surface area contributed by atoms with Crippen LogP contribution in [0.2, 0.25) is 0 Å². The van der Waals surface area contributed by atoms with Crippen LogP contribution in [0.25, 0.3) is 0 Å². The van der Waals surface area contributed by atoms with Gasteiger partial charge >= 0.3 is 5.97 Å². The van der Waals surface area contributed by atoms with Crippen LogP contribution in [-0.2, 0) is 35.2 Å². The van der Waals surface area contributed by atoms with Crippen molar-refractivity contribution in [2.75, 3.05) is 26.3 Å². The maximum Gasteiger partial charge on any atom is 0.306 e. The molecule has 2 N–H and O–H groups in total. The van der Waals surface area contributed by atoms with Gasteiger partial charge in [0.25, 0.3) is 0 Å². The normalized spacial score (nSPS) is 29.9. The van der Waals surface area contributed by atoms with Crippen molar-refractivity contribution >= 4 is 23.7 Å². The highest BCUT2D eigenvalue weighted by Gasteiger charge is 2.71. The SMILES string of the molecule is O=C1CC/C=C\[C@H]2O[C@]34C=CCN(Cc5ccccc5)C(=O)[C@H]3N(CCCCCCO)C(=O)[C@@H]4[C@H]2C(=O)N[C@H](c2ccccc2)CO1. The Labute approximate surface area is 275 Å². The van der Waals surface area contributed by atoms with E-state index in [1.807, 2.05) is 72.8 Å². The third-order valence-electron chi connectivity index (χ3n) is 9.67. The van der Waals surface area contributed by atoms with Crippen molar-refractivity contribution in [2.45, 2.75) is 68.9 Å². The number of ether oxygens (including phenoxy) is 2. The Morgan fingerprint density at radius 1 is 0.894 bits per heavy atom. The Morgan fingerprint density at radius 2 is 1.64 bits per heavy atom. The third-order valence-corrected chi connectivity index (χ3v) is 9.67. The Bertz CT molecular complexity index is 1500. The van der Waals surface area contributed by atoms with Gasteiger partial charge in [-0.25, -0.2) is 0 Å². The molecule has 0 unspecified atom stereocenters. The molecule has 4 heterocycles. The number of esters is 1. The van der Waals surface area contributed by atoms with Crippen molar-refractivity contribution in [1.82, 2.24) is 15.1 Å². The van der Waals surface area contributed by atoms with Gasteiger partial charge in [0.2, 0.25) is 17.7 Å². The number of allylic oxidation sites excluding steroid dienone is 1. The molecule has 0 aliphatic carbocycles. The van der Waals surface area contributed by atoms with Crippen molar-refractivity contribution in [3.8, 4) is 0 Å². The van der Waals surface area contributed by atoms with E-state index in [-0.39, 0.29) is 37.4 Å². The number of unbranched alkanes of at least 4 members (excludes halogenated alkanes) is 3. The molecule has 0 radical (unpaired) electrons. The summed E-state index contributed by atoms with van der Waals surface area (Å²) in [5.74, 6) is -3.10. The number of likely N-dealkylation sites (tertiary alicyclic amines) is 1. The zero-order valence-electron chi connectivity index (χ0n) is 26.5. The van der Waals surface area contributed by atoms with Crippen LogP contribution in [-0.4, -0.2) is 82.6 Å². The number of carbonyl (C=O) groups excluding carboxylic acids is 4. The number of aliphatic hydroxyl groups excluding tert-OH is 1. The summed E-state index contributed by atoms with van der Waals surface area (Å²) in [6.07, 6.45) is 9.99. The number of amides is 3. The van der Waals surface area contributed by atoms with E-state index in [9.17, 15) is 24.3 Å². The van der Waals surface area contributed by atoms with Crippen LogP contribution < -0.4 is 5.32 Å². The predicted molar refractivity (Wildman–Crippen MR) is 173 cm³/mol. The van der Waals surface area contributed by atoms with Gasteiger partial charge in [0, 0.05) is 32.7 Å². The van der Waals surface area contributed by atoms with Crippen molar-refractivity contribution in [1.29, 1.82) is 0 Å². The van der Waals surface area contributed by atoms with Crippen LogP contribution in [0.5, 0.6) is 0 Å². The second kappa shape index (κ2) is 14.6. The van der Waals surface area contributed by atoms with E-state index >= 15 is 0 Å². The molecule has 6 rings (SSSR count). The molecule has 1 spiro atoms. The molecule has 4 aliphatic rings. The monoisotopic (exact) mass is 641 g/mol. The molecule has 2 fully saturated rings. The lowest BCUT2D eigenvalue weighted by molar-refractivity contribution is -0.148. The Balaban J connectivity index is 1.37. The van der Waals surface area contributed by atoms with Gasteiger partial charge in [0.05, 0.1) is 24.0 Å². The second-order valence-corrected chi connectivity index (χ2v) is 12.7. The van der Waals surface area contributed by atoms with E-state index in [2.05, 4.69) is 5.32 Å². The molecule has 0 aromatic heterocycles. The van der Waals surface area contributed by atoms with E-state index in [4.69, 9.17) is 9.47 Å². The highest BCUT2D eigenvalue weighted by Crippen LogP contribution is 2.53. The van der Waals surface area contributed by atoms with Crippen LogP contribution in [0.1, 0.15) is 55.7 Å². The summed E-state index contributed by atoms with van der Waals surface area (Å²) in [5.41, 5.74) is 0.394. The fraction of sp³-hybridized carbons (Fsp3) is 0.459. The van der Waals surface area contributed by atoms with E-state index in [1.54, 1.807) is 22.0 Å². The summed E-state index contributed by atoms with van der Waals surface area (Å²) in [6.45, 7) is 1.12. The van der Waals surface area contributed by atoms with Crippen LogP contribution in [0.15, 0.2) is 85.0 Å². The molecule has 3 amide bonds. The van der Waals surface area contributed by atoms with E-state index < -0.39 is 41.5 Å². The minimum absolute atomic E-state index is 0.0459. The van der Waals surface area contributed by atoms with Gasteiger partial charge in [-0.3, -0.25) is 19.2 Å². The fourth-order valence-electron chi connectivity index (χ4n) is 7.42. The fourth-order valence-corrected chi connectivity index (χ4v) is 7.42. The van der Waals surface area contributed by atoms with Gasteiger partial charge in [-0.2, -0.15) is 0 Å². The molecule has 0 saturated carbocycles. The molecule has 4 aliphatic heterocycles. The first-order valence-electron chi connectivity index (χ1n) is 16.7. The molecule has 248 valence electrons. The van der Waals surface area contributed by atoms with Crippen molar-refractivity contribution in [3.63, 3.8) is 0 Å². The Hall–Kier alpha value is -4.28. The molecule has 10 nitrogen and oxygen atoms in total. The lowest BCUT2D eigenvalue weighted by Gasteiger charge is -2.35. The first kappa shape index (κ1) is 32.7. The van der Waals surface area contributed by atoms with Gasteiger partial charge in [-0.05, 0) is 30.4 Å². The average Bonchev–Trinajstić information content (AvgIpc) is 3.47. The molecule has 2 aromatic rings. The first-order chi connectivity index (χ1) is 22.9. The number of nitrogens with one attached hydrogen (secondary N) is 1. The number of aliphatic hydroxyl groups is 1. The summed E-state index contributed by atoms with van der Waals surface area (Å²) in [7, 11) is 0. The standard InChI is InChI=1S/C37H43N3O7/c41-23-12-2-1-11-22-40-33-36(45)39(24-26-14-5-3-6-15-26)21-13-20-37(33)32(35(40)44)31-29(47-37)18-9-10-19-30(42)46-25-28(38-34(31)43)27-16-7-4-8-17-27/h3-9,13-18,20,28-29,31-33,41H,1-2,10-12,19,21-25H2,(H,38,43)/b18-9-/t28-,29+,31-,32-,33+,37-/m0/s1. The van der Waals surface area contributed by atoms with Crippen LogP contribution in [0.4, 0.5) is 0 Å². The van der Waals surface area contributed by atoms with Crippen LogP contribution in [0.3, 0.4) is 0 Å². The zero-order chi connectivity index (χ0) is 32.8. The smallest absolute Gasteiger partial charge is 0.306 e. The minimum atomic E-state index is -1.35. The Morgan fingerprint density at radius 3 is 2.40 bits per heavy atom. The largest absolute Gasteiger partial charge is 0.463 e.